The van der Waals surface area contributed by atoms with Gasteiger partial charge in [-0.3, -0.25) is 0 Å². The summed E-state index contributed by atoms with van der Waals surface area (Å²) >= 11 is 5.76. The maximum atomic E-state index is 14.0. The van der Waals surface area contributed by atoms with Gasteiger partial charge in [0.25, 0.3) is 0 Å². The van der Waals surface area contributed by atoms with Crippen LogP contribution in [0, 0.1) is 19.7 Å². The van der Waals surface area contributed by atoms with Crippen LogP contribution in [-0.2, 0) is 0 Å². The number of aromatic nitrogens is 1. The summed E-state index contributed by atoms with van der Waals surface area (Å²) in [7, 11) is 0. The first-order valence-corrected chi connectivity index (χ1v) is 5.45. The van der Waals surface area contributed by atoms with Crippen LogP contribution in [0.5, 0.6) is 0 Å². The van der Waals surface area contributed by atoms with E-state index < -0.39 is 11.8 Å². The minimum absolute atomic E-state index is 0.0404. The quantitative estimate of drug-likeness (QED) is 0.907. The Morgan fingerprint density at radius 3 is 2.67 bits per heavy atom. The monoisotopic (exact) mass is 269 g/mol. The molecule has 1 aromatic heterocycles. The first-order chi connectivity index (χ1) is 8.41. The minimum Gasteiger partial charge on any atom is -0.476 e. The number of nitrogens with zero attached hydrogens (tertiary/aromatic N) is 1. The van der Waals surface area contributed by atoms with E-state index in [9.17, 15) is 9.18 Å². The number of aryl methyl sites for hydroxylation is 1. The lowest BCUT2D eigenvalue weighted by molar-refractivity contribution is 0.0686. The van der Waals surface area contributed by atoms with Gasteiger partial charge in [-0.05, 0) is 31.0 Å². The lowest BCUT2D eigenvalue weighted by Gasteiger charge is -2.08. The summed E-state index contributed by atoms with van der Waals surface area (Å²) < 4.78 is 18.8. The van der Waals surface area contributed by atoms with Gasteiger partial charge in [0.1, 0.15) is 0 Å². The first kappa shape index (κ1) is 12.6. The van der Waals surface area contributed by atoms with Crippen molar-refractivity contribution in [1.29, 1.82) is 0 Å². The van der Waals surface area contributed by atoms with E-state index in [2.05, 4.69) is 5.16 Å². The third-order valence-electron chi connectivity index (χ3n) is 2.71. The molecule has 2 rings (SSSR count). The fourth-order valence-corrected chi connectivity index (χ4v) is 1.89. The van der Waals surface area contributed by atoms with Crippen LogP contribution in [0.25, 0.3) is 11.3 Å². The third kappa shape index (κ3) is 1.97. The summed E-state index contributed by atoms with van der Waals surface area (Å²) in [6.45, 7) is 3.48. The number of carbonyl (C=O) groups is 1. The van der Waals surface area contributed by atoms with Gasteiger partial charge in [0, 0.05) is 6.07 Å². The second-order valence-electron chi connectivity index (χ2n) is 3.87. The van der Waals surface area contributed by atoms with Crippen LogP contribution >= 0.6 is 11.6 Å². The van der Waals surface area contributed by atoms with Crippen LogP contribution in [0.15, 0.2) is 16.7 Å². The second-order valence-corrected chi connectivity index (χ2v) is 4.28. The molecule has 6 heteroatoms. The molecule has 0 fully saturated rings. The molecule has 0 amide bonds. The summed E-state index contributed by atoms with van der Waals surface area (Å²) in [5, 5.41) is 12.1. The number of carboxylic acids is 1. The minimum atomic E-state index is -1.23. The largest absolute Gasteiger partial charge is 0.476 e. The number of halogens is 2. The van der Waals surface area contributed by atoms with Gasteiger partial charge < -0.3 is 9.63 Å². The van der Waals surface area contributed by atoms with Gasteiger partial charge in [-0.2, -0.15) is 0 Å². The molecule has 0 saturated carbocycles. The predicted octanol–water partition coefficient (Wildman–Crippen LogP) is 3.45. The Bertz CT molecular complexity index is 610. The van der Waals surface area contributed by atoms with E-state index in [-0.39, 0.29) is 22.0 Å². The number of hydrogen-bond acceptors (Lipinski definition) is 3. The Morgan fingerprint density at radius 1 is 1.44 bits per heavy atom. The third-order valence-corrected chi connectivity index (χ3v) is 2.99. The molecular formula is C12H9ClFNO3. The average molecular weight is 270 g/mol. The van der Waals surface area contributed by atoms with E-state index in [0.29, 0.717) is 5.56 Å². The van der Waals surface area contributed by atoms with Gasteiger partial charge in [-0.15, -0.1) is 0 Å². The summed E-state index contributed by atoms with van der Waals surface area (Å²) in [5.74, 6) is -1.83. The van der Waals surface area contributed by atoms with Crippen LogP contribution in [-0.4, -0.2) is 16.2 Å². The second kappa shape index (κ2) is 4.42. The zero-order valence-electron chi connectivity index (χ0n) is 9.62. The molecule has 0 spiro atoms. The molecule has 2 aromatic rings. The van der Waals surface area contributed by atoms with Crippen molar-refractivity contribution in [2.75, 3.05) is 0 Å². The Labute approximate surface area is 107 Å². The van der Waals surface area contributed by atoms with Gasteiger partial charge in [-0.1, -0.05) is 16.8 Å². The van der Waals surface area contributed by atoms with Crippen LogP contribution in [0.2, 0.25) is 5.02 Å². The van der Waals surface area contributed by atoms with E-state index in [4.69, 9.17) is 21.2 Å². The summed E-state index contributed by atoms with van der Waals surface area (Å²) in [6.07, 6.45) is 0. The van der Waals surface area contributed by atoms with Gasteiger partial charge in [-0.25, -0.2) is 9.18 Å². The normalized spacial score (nSPS) is 10.7. The van der Waals surface area contributed by atoms with Crippen molar-refractivity contribution >= 4 is 17.6 Å². The maximum Gasteiger partial charge on any atom is 0.358 e. The Morgan fingerprint density at radius 2 is 2.11 bits per heavy atom. The molecule has 0 aliphatic carbocycles. The van der Waals surface area contributed by atoms with Gasteiger partial charge >= 0.3 is 5.97 Å². The molecule has 4 nitrogen and oxygen atoms in total. The van der Waals surface area contributed by atoms with Crippen molar-refractivity contribution in [2.45, 2.75) is 13.8 Å². The molecule has 0 saturated heterocycles. The average Bonchev–Trinajstić information content (AvgIpc) is 2.76. The van der Waals surface area contributed by atoms with Crippen molar-refractivity contribution in [3.8, 4) is 11.3 Å². The zero-order chi connectivity index (χ0) is 13.4. The molecule has 0 aliphatic heterocycles. The molecule has 1 aromatic carbocycles. The van der Waals surface area contributed by atoms with Gasteiger partial charge in [0.15, 0.2) is 17.3 Å². The number of rotatable bonds is 2. The molecule has 1 heterocycles. The van der Waals surface area contributed by atoms with E-state index in [1.54, 1.807) is 13.8 Å². The number of benzene rings is 1. The van der Waals surface area contributed by atoms with Crippen molar-refractivity contribution in [1.82, 2.24) is 5.16 Å². The highest BCUT2D eigenvalue weighted by atomic mass is 35.5. The molecule has 0 radical (unpaired) electrons. The Hall–Kier alpha value is -1.88. The molecule has 18 heavy (non-hydrogen) atoms. The standard InChI is InChI=1S/C12H9ClFNO3/c1-5-3-7(13)11(14)10(6(5)2)9-4-8(12(16)17)15-18-9/h3-4H,1-2H3,(H,16,17). The zero-order valence-corrected chi connectivity index (χ0v) is 10.4. The molecular weight excluding hydrogens is 261 g/mol. The van der Waals surface area contributed by atoms with Crippen molar-refractivity contribution < 1.29 is 18.8 Å². The lowest BCUT2D eigenvalue weighted by Crippen LogP contribution is -1.95. The van der Waals surface area contributed by atoms with Crippen LogP contribution in [0.3, 0.4) is 0 Å². The summed E-state index contributed by atoms with van der Waals surface area (Å²) in [4.78, 5) is 10.7. The Kier molecular flexibility index (Phi) is 3.09. The highest BCUT2D eigenvalue weighted by Gasteiger charge is 2.20. The van der Waals surface area contributed by atoms with Crippen LogP contribution in [0.1, 0.15) is 21.6 Å². The number of carboxylic acid groups (broad SMARTS) is 1. The van der Waals surface area contributed by atoms with Crippen LogP contribution in [0.4, 0.5) is 4.39 Å². The molecule has 0 atom stereocenters. The number of hydrogen-bond donors (Lipinski definition) is 1. The van der Waals surface area contributed by atoms with Gasteiger partial charge in [0.05, 0.1) is 10.6 Å². The SMILES string of the molecule is Cc1cc(Cl)c(F)c(-c2cc(C(=O)O)no2)c1C. The van der Waals surface area contributed by atoms with Crippen molar-refractivity contribution in [3.63, 3.8) is 0 Å². The molecule has 0 unspecified atom stereocenters. The highest BCUT2D eigenvalue weighted by molar-refractivity contribution is 6.31. The Balaban J connectivity index is 2.66. The number of aromatic carboxylic acids is 1. The summed E-state index contributed by atoms with van der Waals surface area (Å²) in [6, 6.07) is 2.67. The molecule has 94 valence electrons. The topological polar surface area (TPSA) is 63.3 Å². The molecule has 0 bridgehead atoms. The smallest absolute Gasteiger partial charge is 0.358 e. The fourth-order valence-electron chi connectivity index (χ4n) is 1.63. The molecule has 0 aliphatic rings. The van der Waals surface area contributed by atoms with Crippen molar-refractivity contribution in [2.24, 2.45) is 0 Å². The van der Waals surface area contributed by atoms with E-state index >= 15 is 0 Å². The predicted molar refractivity (Wildman–Crippen MR) is 63.3 cm³/mol. The van der Waals surface area contributed by atoms with Gasteiger partial charge in [0.2, 0.25) is 0 Å². The first-order valence-electron chi connectivity index (χ1n) is 5.07. The summed E-state index contributed by atoms with van der Waals surface area (Å²) in [5.41, 5.74) is 1.27. The highest BCUT2D eigenvalue weighted by Crippen LogP contribution is 2.33. The lowest BCUT2D eigenvalue weighted by atomic mass is 10.0. The van der Waals surface area contributed by atoms with E-state index in [1.807, 2.05) is 0 Å². The molecule has 1 N–H and O–H groups in total. The van der Waals surface area contributed by atoms with E-state index in [1.165, 1.54) is 12.1 Å². The fraction of sp³-hybridized carbons (Fsp3) is 0.167. The van der Waals surface area contributed by atoms with Crippen molar-refractivity contribution in [3.05, 3.63) is 39.8 Å². The van der Waals surface area contributed by atoms with E-state index in [0.717, 1.165) is 5.56 Å². The maximum absolute atomic E-state index is 14.0. The van der Waals surface area contributed by atoms with Crippen LogP contribution < -0.4 is 0 Å².